The summed E-state index contributed by atoms with van der Waals surface area (Å²) in [5, 5.41) is 23.1. The molecule has 228 valence electrons. The number of aromatic nitrogens is 2. The summed E-state index contributed by atoms with van der Waals surface area (Å²) in [7, 11) is 3.22. The van der Waals surface area contributed by atoms with Gasteiger partial charge in [-0.05, 0) is 42.5 Å². The smallest absolute Gasteiger partial charge is 0.269 e. The normalized spacial score (nSPS) is 13.5. The zero-order valence-corrected chi connectivity index (χ0v) is 24.4. The quantitative estimate of drug-likeness (QED) is 0.154. The fraction of sp³-hybridized carbons (Fsp3) is 0.0606. The number of benzene rings is 3. The summed E-state index contributed by atoms with van der Waals surface area (Å²) in [6.07, 6.45) is 3.31. The first-order valence-electron chi connectivity index (χ1n) is 13.8. The number of pyridine rings is 1. The molecule has 0 saturated heterocycles. The Morgan fingerprint density at radius 1 is 0.804 bits per heavy atom. The lowest BCUT2D eigenvalue weighted by Gasteiger charge is -2.12. The van der Waals surface area contributed by atoms with Crippen molar-refractivity contribution in [2.45, 2.75) is 0 Å². The summed E-state index contributed by atoms with van der Waals surface area (Å²) in [5.41, 5.74) is 2.98. The fourth-order valence-electron chi connectivity index (χ4n) is 4.82. The highest BCUT2D eigenvalue weighted by molar-refractivity contribution is 6.21. The number of aliphatic imine (C=N–C) groups is 1. The van der Waals surface area contributed by atoms with Gasteiger partial charge >= 0.3 is 0 Å². The molecule has 13 heteroatoms. The molecule has 0 atom stereocenters. The number of hydrogen-bond acceptors (Lipinski definition) is 9. The highest BCUT2D eigenvalue weighted by Crippen LogP contribution is 2.37. The molecule has 3 aromatic carbocycles. The molecule has 6 rings (SSSR count). The van der Waals surface area contributed by atoms with Crippen LogP contribution in [0, 0.1) is 20.2 Å². The van der Waals surface area contributed by atoms with Crippen molar-refractivity contribution in [3.8, 4) is 17.4 Å². The Kier molecular flexibility index (Phi) is 7.79. The minimum Gasteiger partial charge on any atom is -0.441 e. The Hall–Kier alpha value is -6.63. The number of fused-ring (bicyclic) bond motifs is 1. The number of H-pyrrole nitrogens is 1. The van der Waals surface area contributed by atoms with Gasteiger partial charge in [-0.2, -0.15) is 0 Å². The van der Waals surface area contributed by atoms with Gasteiger partial charge in [0.05, 0.1) is 26.8 Å². The molecule has 1 aliphatic rings. The maximum atomic E-state index is 13.3. The number of nitro groups is 2. The van der Waals surface area contributed by atoms with Gasteiger partial charge in [-0.15, -0.1) is 0 Å². The van der Waals surface area contributed by atoms with Crippen LogP contribution in [-0.4, -0.2) is 50.6 Å². The summed E-state index contributed by atoms with van der Waals surface area (Å²) >= 11 is 0. The molecular formula is C33H24N6O7. The maximum Gasteiger partial charge on any atom is 0.269 e. The van der Waals surface area contributed by atoms with Crippen LogP contribution in [0.3, 0.4) is 0 Å². The van der Waals surface area contributed by atoms with Crippen molar-refractivity contribution >= 4 is 39.7 Å². The molecule has 0 fully saturated rings. The molecule has 0 saturated carbocycles. The van der Waals surface area contributed by atoms with Crippen molar-refractivity contribution in [2.24, 2.45) is 4.99 Å². The molecule has 0 radical (unpaired) electrons. The predicted octanol–water partition coefficient (Wildman–Crippen LogP) is 6.44. The lowest BCUT2D eigenvalue weighted by molar-refractivity contribution is -0.385. The van der Waals surface area contributed by atoms with Crippen LogP contribution in [0.5, 0.6) is 17.4 Å². The topological polar surface area (TPSA) is 166 Å². The van der Waals surface area contributed by atoms with Crippen molar-refractivity contribution in [3.63, 3.8) is 0 Å². The highest BCUT2D eigenvalue weighted by Gasteiger charge is 2.29. The van der Waals surface area contributed by atoms with E-state index in [9.17, 15) is 25.0 Å². The standard InChI is InChI=1S/C33H24N6O7/c1-37(2)33(40)26-19-28(36-32(26)46-24-14-10-22(11-15-24)39(43)44)30(25-7-3-5-20-6-4-18-34-31(20)25)27-16-17-29(35-27)45-23-12-8-21(9-13-23)38(41)42/h3-19,35H,1-2H3/b30-28-. The molecule has 13 nitrogen and oxygen atoms in total. The molecule has 0 bridgehead atoms. The third-order valence-corrected chi connectivity index (χ3v) is 6.99. The average molecular weight is 617 g/mol. The Bertz CT molecular complexity index is 2090. The minimum atomic E-state index is -0.515. The summed E-state index contributed by atoms with van der Waals surface area (Å²) in [6.45, 7) is 0. The van der Waals surface area contributed by atoms with Crippen molar-refractivity contribution in [1.29, 1.82) is 0 Å². The van der Waals surface area contributed by atoms with Crippen LogP contribution in [0.2, 0.25) is 0 Å². The number of rotatable bonds is 8. The van der Waals surface area contributed by atoms with Gasteiger partial charge in [0.15, 0.2) is 5.88 Å². The summed E-state index contributed by atoms with van der Waals surface area (Å²) in [4.78, 5) is 48.5. The first-order chi connectivity index (χ1) is 22.2. The molecule has 0 aliphatic carbocycles. The van der Waals surface area contributed by atoms with Gasteiger partial charge in [0.25, 0.3) is 17.3 Å². The number of para-hydroxylation sites is 1. The van der Waals surface area contributed by atoms with E-state index in [0.717, 1.165) is 5.39 Å². The SMILES string of the molecule is CN(C)C(=O)C1=C/C(=C(/c2ccc(Oc3ccc([N+](=O)[O-])cc3)[nH]2)c2cccc3cccnc23)N=C1Oc1ccc([N+](=O)[O-])cc1. The van der Waals surface area contributed by atoms with Gasteiger partial charge < -0.3 is 19.4 Å². The Balaban J connectivity index is 1.48. The predicted molar refractivity (Wildman–Crippen MR) is 170 cm³/mol. The molecular weight excluding hydrogens is 592 g/mol. The average Bonchev–Trinajstić information content (AvgIpc) is 3.68. The first-order valence-corrected chi connectivity index (χ1v) is 13.8. The van der Waals surface area contributed by atoms with E-state index in [1.54, 1.807) is 38.5 Å². The Morgan fingerprint density at radius 3 is 2.07 bits per heavy atom. The number of hydrogen-bond donors (Lipinski definition) is 1. The number of carbonyl (C=O) groups excluding carboxylic acids is 1. The number of aromatic amines is 1. The van der Waals surface area contributed by atoms with Crippen LogP contribution in [0.4, 0.5) is 11.4 Å². The third-order valence-electron chi connectivity index (χ3n) is 6.99. The number of nitrogens with one attached hydrogen (secondary N) is 1. The highest BCUT2D eigenvalue weighted by atomic mass is 16.6. The van der Waals surface area contributed by atoms with E-state index >= 15 is 0 Å². The largest absolute Gasteiger partial charge is 0.441 e. The molecule has 3 heterocycles. The number of amides is 1. The fourth-order valence-corrected chi connectivity index (χ4v) is 4.82. The third kappa shape index (κ3) is 5.92. The summed E-state index contributed by atoms with van der Waals surface area (Å²) in [5.74, 6) is 0.654. The molecule has 2 aromatic heterocycles. The van der Waals surface area contributed by atoms with Gasteiger partial charge in [0, 0.05) is 67.1 Å². The second-order valence-corrected chi connectivity index (χ2v) is 10.3. The number of likely N-dealkylation sites (N-methyl/N-ethyl adjacent to an activating group) is 1. The van der Waals surface area contributed by atoms with E-state index in [0.29, 0.717) is 39.7 Å². The molecule has 0 unspecified atom stereocenters. The van der Waals surface area contributed by atoms with Gasteiger partial charge in [0.2, 0.25) is 5.90 Å². The first kappa shape index (κ1) is 29.4. The van der Waals surface area contributed by atoms with E-state index in [1.807, 2.05) is 30.3 Å². The van der Waals surface area contributed by atoms with Gasteiger partial charge in [-0.25, -0.2) is 4.99 Å². The summed E-state index contributed by atoms with van der Waals surface area (Å²) in [6, 6.07) is 24.1. The van der Waals surface area contributed by atoms with Crippen LogP contribution >= 0.6 is 0 Å². The zero-order valence-electron chi connectivity index (χ0n) is 24.4. The molecule has 1 N–H and O–H groups in total. The van der Waals surface area contributed by atoms with Crippen molar-refractivity contribution in [3.05, 3.63) is 146 Å². The number of carbonyl (C=O) groups is 1. The maximum absolute atomic E-state index is 13.3. The van der Waals surface area contributed by atoms with E-state index in [4.69, 9.17) is 14.5 Å². The van der Waals surface area contributed by atoms with Gasteiger partial charge in [-0.1, -0.05) is 24.3 Å². The van der Waals surface area contributed by atoms with E-state index in [-0.39, 0.29) is 34.5 Å². The second-order valence-electron chi connectivity index (χ2n) is 10.3. The van der Waals surface area contributed by atoms with Crippen LogP contribution in [0.25, 0.3) is 16.5 Å². The molecule has 1 aliphatic heterocycles. The van der Waals surface area contributed by atoms with Crippen LogP contribution in [0.1, 0.15) is 11.3 Å². The lowest BCUT2D eigenvalue weighted by Crippen LogP contribution is -2.28. The van der Waals surface area contributed by atoms with E-state index in [2.05, 4.69) is 9.97 Å². The number of ether oxygens (including phenoxy) is 2. The van der Waals surface area contributed by atoms with Crippen molar-refractivity contribution in [2.75, 3.05) is 14.1 Å². The number of allylic oxidation sites excluding steroid dienone is 1. The number of nitrogens with zero attached hydrogens (tertiary/aromatic N) is 5. The summed E-state index contributed by atoms with van der Waals surface area (Å²) < 4.78 is 12.0. The minimum absolute atomic E-state index is 0.0159. The Morgan fingerprint density at radius 2 is 1.43 bits per heavy atom. The van der Waals surface area contributed by atoms with E-state index < -0.39 is 9.85 Å². The molecule has 5 aromatic rings. The molecule has 46 heavy (non-hydrogen) atoms. The zero-order chi connectivity index (χ0) is 32.4. The monoisotopic (exact) mass is 616 g/mol. The van der Waals surface area contributed by atoms with Crippen LogP contribution in [-0.2, 0) is 4.79 Å². The van der Waals surface area contributed by atoms with Crippen molar-refractivity contribution < 1.29 is 24.1 Å². The van der Waals surface area contributed by atoms with Crippen LogP contribution < -0.4 is 9.47 Å². The number of nitro benzene ring substituents is 2. The van der Waals surface area contributed by atoms with Gasteiger partial charge in [-0.3, -0.25) is 30.0 Å². The second kappa shape index (κ2) is 12.2. The van der Waals surface area contributed by atoms with Crippen LogP contribution in [0.15, 0.2) is 120 Å². The lowest BCUT2D eigenvalue weighted by atomic mass is 9.97. The van der Waals surface area contributed by atoms with Gasteiger partial charge in [0.1, 0.15) is 17.1 Å². The number of non-ortho nitro benzene ring substituents is 2. The van der Waals surface area contributed by atoms with Crippen molar-refractivity contribution in [1.82, 2.24) is 14.9 Å². The van der Waals surface area contributed by atoms with E-state index in [1.165, 1.54) is 53.4 Å². The molecule has 1 amide bonds. The Labute approximate surface area is 261 Å². The molecule has 0 spiro atoms.